The lowest BCUT2D eigenvalue weighted by Gasteiger charge is -2.06. The molecule has 0 aromatic heterocycles. The molecule has 0 unspecified atom stereocenters. The molecule has 0 spiro atoms. The van der Waals surface area contributed by atoms with Crippen LogP contribution >= 0.6 is 0 Å². The van der Waals surface area contributed by atoms with Gasteiger partial charge in [0.05, 0.1) is 0 Å². The summed E-state index contributed by atoms with van der Waals surface area (Å²) in [5.41, 5.74) is 1.14. The predicted octanol–water partition coefficient (Wildman–Crippen LogP) is 2.01. The van der Waals surface area contributed by atoms with Crippen molar-refractivity contribution in [2.75, 3.05) is 13.6 Å². The topological polar surface area (TPSA) is 52.5 Å². The maximum atomic E-state index is 9.74. The van der Waals surface area contributed by atoms with Crippen molar-refractivity contribution in [2.24, 2.45) is 0 Å². The smallest absolute Gasteiger partial charge is 0.165 e. The van der Waals surface area contributed by atoms with E-state index in [1.54, 1.807) is 6.07 Å². The molecule has 0 fully saturated rings. The van der Waals surface area contributed by atoms with Crippen LogP contribution in [0.5, 0.6) is 11.5 Å². The molecule has 0 heterocycles. The Morgan fingerprint density at radius 2 is 1.88 bits per heavy atom. The first kappa shape index (κ1) is 10.8. The van der Waals surface area contributed by atoms with Crippen LogP contribution in [0.4, 0.5) is 0 Å². The fourth-order valence-electron chi connectivity index (χ4n) is 1.76. The first-order valence-corrected chi connectivity index (χ1v) is 5.30. The standard InChI is InChI=1S/C13H15NO2/c1-14-7-6-9-2-3-10-4-5-12(15)13(16)11(10)8-9/h2-5,8,14-16H,6-7H2,1H3. The largest absolute Gasteiger partial charge is 0.504 e. The zero-order valence-corrected chi connectivity index (χ0v) is 9.20. The van der Waals surface area contributed by atoms with Gasteiger partial charge in [-0.25, -0.2) is 0 Å². The highest BCUT2D eigenvalue weighted by molar-refractivity contribution is 5.90. The van der Waals surface area contributed by atoms with E-state index < -0.39 is 0 Å². The van der Waals surface area contributed by atoms with Gasteiger partial charge in [-0.2, -0.15) is 0 Å². The van der Waals surface area contributed by atoms with Gasteiger partial charge in [0, 0.05) is 5.39 Å². The van der Waals surface area contributed by atoms with Gasteiger partial charge in [0.2, 0.25) is 0 Å². The third-order valence-electron chi connectivity index (χ3n) is 2.70. The fraction of sp³-hybridized carbons (Fsp3) is 0.231. The number of rotatable bonds is 3. The van der Waals surface area contributed by atoms with Crippen LogP contribution < -0.4 is 5.32 Å². The summed E-state index contributed by atoms with van der Waals surface area (Å²) in [6.07, 6.45) is 0.904. The molecule has 2 rings (SSSR count). The van der Waals surface area contributed by atoms with Crippen molar-refractivity contribution in [1.82, 2.24) is 5.32 Å². The van der Waals surface area contributed by atoms with Gasteiger partial charge in [-0.05, 0) is 43.1 Å². The number of fused-ring (bicyclic) bond motifs is 1. The van der Waals surface area contributed by atoms with Crippen LogP contribution in [0, 0.1) is 0 Å². The fourth-order valence-corrected chi connectivity index (χ4v) is 1.76. The van der Waals surface area contributed by atoms with Crippen LogP contribution in [0.15, 0.2) is 30.3 Å². The molecule has 16 heavy (non-hydrogen) atoms. The van der Waals surface area contributed by atoms with Crippen molar-refractivity contribution in [2.45, 2.75) is 6.42 Å². The van der Waals surface area contributed by atoms with Crippen LogP contribution in [0.1, 0.15) is 5.56 Å². The Morgan fingerprint density at radius 1 is 1.12 bits per heavy atom. The molecule has 0 aliphatic heterocycles. The van der Waals surface area contributed by atoms with Gasteiger partial charge in [0.1, 0.15) is 0 Å². The second kappa shape index (κ2) is 4.41. The number of phenolic OH excluding ortho intramolecular Hbond substituents is 2. The lowest BCUT2D eigenvalue weighted by atomic mass is 10.0. The van der Waals surface area contributed by atoms with E-state index in [0.29, 0.717) is 5.39 Å². The molecule has 2 aromatic rings. The van der Waals surface area contributed by atoms with Crippen molar-refractivity contribution in [3.63, 3.8) is 0 Å². The molecule has 0 amide bonds. The van der Waals surface area contributed by atoms with Gasteiger partial charge < -0.3 is 15.5 Å². The zero-order valence-electron chi connectivity index (χ0n) is 9.20. The summed E-state index contributed by atoms with van der Waals surface area (Å²) in [7, 11) is 1.91. The first-order chi connectivity index (χ1) is 7.72. The minimum Gasteiger partial charge on any atom is -0.504 e. The number of hydrogen-bond acceptors (Lipinski definition) is 3. The highest BCUT2D eigenvalue weighted by atomic mass is 16.3. The number of likely N-dealkylation sites (N-methyl/N-ethyl adjacent to an activating group) is 1. The summed E-state index contributed by atoms with van der Waals surface area (Å²) in [5.74, 6) is -0.109. The van der Waals surface area contributed by atoms with E-state index >= 15 is 0 Å². The van der Waals surface area contributed by atoms with Gasteiger partial charge in [-0.15, -0.1) is 0 Å². The highest BCUT2D eigenvalue weighted by Crippen LogP contribution is 2.33. The number of phenols is 2. The maximum Gasteiger partial charge on any atom is 0.165 e. The number of nitrogens with one attached hydrogen (secondary N) is 1. The molecule has 3 N–H and O–H groups in total. The van der Waals surface area contributed by atoms with Gasteiger partial charge in [0.15, 0.2) is 11.5 Å². The van der Waals surface area contributed by atoms with Crippen LogP contribution in [0.25, 0.3) is 10.8 Å². The molecular formula is C13H15NO2. The molecule has 0 aliphatic carbocycles. The van der Waals surface area contributed by atoms with E-state index in [1.165, 1.54) is 6.07 Å². The van der Waals surface area contributed by atoms with E-state index in [4.69, 9.17) is 0 Å². The van der Waals surface area contributed by atoms with Crippen LogP contribution in [-0.4, -0.2) is 23.8 Å². The van der Waals surface area contributed by atoms with E-state index in [1.807, 2.05) is 25.2 Å². The Bertz CT molecular complexity index is 509. The molecule has 0 saturated heterocycles. The van der Waals surface area contributed by atoms with Gasteiger partial charge >= 0.3 is 0 Å². The molecule has 0 atom stereocenters. The Labute approximate surface area is 94.3 Å². The quantitative estimate of drug-likeness (QED) is 0.689. The molecule has 0 saturated carbocycles. The summed E-state index contributed by atoms with van der Waals surface area (Å²) in [6, 6.07) is 9.22. The molecule has 3 heteroatoms. The Hall–Kier alpha value is -1.74. The van der Waals surface area contributed by atoms with Gasteiger partial charge in [-0.3, -0.25) is 0 Å². The first-order valence-electron chi connectivity index (χ1n) is 5.30. The molecular weight excluding hydrogens is 202 g/mol. The van der Waals surface area contributed by atoms with E-state index in [0.717, 1.165) is 23.9 Å². The number of hydrogen-bond donors (Lipinski definition) is 3. The maximum absolute atomic E-state index is 9.74. The Kier molecular flexibility index (Phi) is 2.97. The minimum absolute atomic E-state index is 0.0381. The van der Waals surface area contributed by atoms with Crippen molar-refractivity contribution in [3.05, 3.63) is 35.9 Å². The lowest BCUT2D eigenvalue weighted by molar-refractivity contribution is 0.408. The van der Waals surface area contributed by atoms with E-state index in [9.17, 15) is 10.2 Å². The average Bonchev–Trinajstić information content (AvgIpc) is 2.31. The van der Waals surface area contributed by atoms with Crippen molar-refractivity contribution in [1.29, 1.82) is 0 Å². The van der Waals surface area contributed by atoms with Crippen molar-refractivity contribution < 1.29 is 10.2 Å². The summed E-state index contributed by atoms with van der Waals surface area (Å²) < 4.78 is 0. The second-order valence-electron chi connectivity index (χ2n) is 3.84. The van der Waals surface area contributed by atoms with Crippen molar-refractivity contribution >= 4 is 10.8 Å². The SMILES string of the molecule is CNCCc1ccc2ccc(O)c(O)c2c1. The summed E-state index contributed by atoms with van der Waals surface area (Å²) in [4.78, 5) is 0. The molecule has 0 radical (unpaired) electrons. The van der Waals surface area contributed by atoms with Gasteiger partial charge in [-0.1, -0.05) is 18.2 Å². The molecule has 84 valence electrons. The van der Waals surface area contributed by atoms with E-state index in [2.05, 4.69) is 5.32 Å². The predicted molar refractivity (Wildman–Crippen MR) is 64.9 cm³/mol. The highest BCUT2D eigenvalue weighted by Gasteiger charge is 2.05. The van der Waals surface area contributed by atoms with Crippen LogP contribution in [0.3, 0.4) is 0 Å². The third kappa shape index (κ3) is 1.95. The molecule has 3 nitrogen and oxygen atoms in total. The second-order valence-corrected chi connectivity index (χ2v) is 3.84. The number of benzene rings is 2. The molecule has 2 aromatic carbocycles. The average molecular weight is 217 g/mol. The van der Waals surface area contributed by atoms with E-state index in [-0.39, 0.29) is 11.5 Å². The monoisotopic (exact) mass is 217 g/mol. The van der Waals surface area contributed by atoms with Crippen LogP contribution in [0.2, 0.25) is 0 Å². The summed E-state index contributed by atoms with van der Waals surface area (Å²) in [5, 5.41) is 23.9. The zero-order chi connectivity index (χ0) is 11.5. The number of aromatic hydroxyl groups is 2. The van der Waals surface area contributed by atoms with Crippen molar-refractivity contribution in [3.8, 4) is 11.5 Å². The normalized spacial score (nSPS) is 10.8. The Balaban J connectivity index is 2.47. The summed E-state index contributed by atoms with van der Waals surface area (Å²) >= 11 is 0. The lowest BCUT2D eigenvalue weighted by Crippen LogP contribution is -2.10. The Morgan fingerprint density at radius 3 is 2.62 bits per heavy atom. The minimum atomic E-state index is -0.0710. The van der Waals surface area contributed by atoms with Crippen LogP contribution in [-0.2, 0) is 6.42 Å². The molecule has 0 bridgehead atoms. The molecule has 0 aliphatic rings. The third-order valence-corrected chi connectivity index (χ3v) is 2.70. The summed E-state index contributed by atoms with van der Waals surface area (Å²) in [6.45, 7) is 0.894. The van der Waals surface area contributed by atoms with Gasteiger partial charge in [0.25, 0.3) is 0 Å².